The fraction of sp³-hybridized carbons (Fsp3) is 0.375. The first kappa shape index (κ1) is 22.9. The van der Waals surface area contributed by atoms with Crippen LogP contribution in [0, 0.1) is 5.41 Å². The Balaban J connectivity index is 1.53. The number of benzene rings is 1. The molecule has 0 fully saturated rings. The Morgan fingerprint density at radius 2 is 1.97 bits per heavy atom. The van der Waals surface area contributed by atoms with Gasteiger partial charge in [-0.15, -0.1) is 0 Å². The lowest BCUT2D eigenvalue weighted by Gasteiger charge is -2.21. The second-order valence-electron chi connectivity index (χ2n) is 9.32. The number of imidazole rings is 1. The van der Waals surface area contributed by atoms with Crippen molar-refractivity contribution in [3.8, 4) is 22.6 Å². The molecule has 0 bridgehead atoms. The van der Waals surface area contributed by atoms with Crippen LogP contribution in [0.4, 0.5) is 5.82 Å². The standard InChI is InChI=1S/C24H28N6O2S2/c1-24(2,3)13-26-5-6-30-22-20(21(25)27-14-28-22)29-23(30)34-19-11-18-17(31-7-8-32-18)10-16(19)15-4-9-33-12-15/h4,9-12,14,26H,5-8,13H2,1-3H3,(H2,25,27,28). The predicted octanol–water partition coefficient (Wildman–Crippen LogP) is 4.70. The molecule has 1 aromatic carbocycles. The summed E-state index contributed by atoms with van der Waals surface area (Å²) in [4.78, 5) is 14.5. The van der Waals surface area contributed by atoms with Crippen LogP contribution in [-0.4, -0.2) is 45.8 Å². The molecular formula is C24H28N6O2S2. The first-order chi connectivity index (χ1) is 16.4. The zero-order valence-electron chi connectivity index (χ0n) is 19.5. The van der Waals surface area contributed by atoms with Gasteiger partial charge in [0.05, 0.1) is 0 Å². The Bertz CT molecular complexity index is 1300. The predicted molar refractivity (Wildman–Crippen MR) is 137 cm³/mol. The highest BCUT2D eigenvalue weighted by Gasteiger charge is 2.21. The molecule has 0 saturated carbocycles. The van der Waals surface area contributed by atoms with Crippen LogP contribution in [-0.2, 0) is 6.54 Å². The molecule has 0 saturated heterocycles. The van der Waals surface area contributed by atoms with Crippen molar-refractivity contribution in [3.05, 3.63) is 35.3 Å². The highest BCUT2D eigenvalue weighted by atomic mass is 32.2. The number of nitrogens with zero attached hydrogens (tertiary/aromatic N) is 4. The summed E-state index contributed by atoms with van der Waals surface area (Å²) >= 11 is 3.25. The molecular weight excluding hydrogens is 468 g/mol. The fourth-order valence-electron chi connectivity index (χ4n) is 3.76. The van der Waals surface area contributed by atoms with Gasteiger partial charge < -0.3 is 25.1 Å². The molecule has 3 N–H and O–H groups in total. The van der Waals surface area contributed by atoms with Crippen molar-refractivity contribution < 1.29 is 9.47 Å². The van der Waals surface area contributed by atoms with Gasteiger partial charge in [-0.05, 0) is 39.9 Å². The molecule has 4 heterocycles. The average molecular weight is 497 g/mol. The topological polar surface area (TPSA) is 100 Å². The minimum Gasteiger partial charge on any atom is -0.486 e. The van der Waals surface area contributed by atoms with Crippen LogP contribution in [0.2, 0.25) is 0 Å². The molecule has 0 spiro atoms. The summed E-state index contributed by atoms with van der Waals surface area (Å²) in [5, 5.41) is 8.57. The molecule has 0 amide bonds. The van der Waals surface area contributed by atoms with E-state index in [9.17, 15) is 0 Å². The number of aromatic nitrogens is 4. The Labute approximate surface area is 206 Å². The molecule has 178 valence electrons. The molecule has 5 rings (SSSR count). The molecule has 0 radical (unpaired) electrons. The van der Waals surface area contributed by atoms with Crippen LogP contribution >= 0.6 is 23.1 Å². The van der Waals surface area contributed by atoms with E-state index < -0.39 is 0 Å². The molecule has 3 aromatic heterocycles. The van der Waals surface area contributed by atoms with Gasteiger partial charge >= 0.3 is 0 Å². The van der Waals surface area contributed by atoms with E-state index in [1.54, 1.807) is 23.1 Å². The number of thiophene rings is 1. The van der Waals surface area contributed by atoms with Gasteiger partial charge in [-0.3, -0.25) is 0 Å². The third-order valence-electron chi connectivity index (χ3n) is 5.37. The number of anilines is 1. The van der Waals surface area contributed by atoms with Gasteiger partial charge in [0.2, 0.25) is 0 Å². The summed E-state index contributed by atoms with van der Waals surface area (Å²) in [6.45, 7) is 10.2. The summed E-state index contributed by atoms with van der Waals surface area (Å²) < 4.78 is 13.8. The number of nitrogen functional groups attached to an aromatic ring is 1. The highest BCUT2D eigenvalue weighted by molar-refractivity contribution is 7.99. The SMILES string of the molecule is CC(C)(C)CNCCn1c(Sc2cc3c(cc2-c2ccsc2)OCCO3)nc2c(N)ncnc21. The number of nitrogens with two attached hydrogens (primary N) is 1. The lowest BCUT2D eigenvalue weighted by molar-refractivity contribution is 0.171. The first-order valence-corrected chi connectivity index (χ1v) is 13.0. The number of ether oxygens (including phenoxy) is 2. The molecule has 1 aliphatic rings. The molecule has 8 nitrogen and oxygen atoms in total. The molecule has 1 aliphatic heterocycles. The van der Waals surface area contributed by atoms with Crippen LogP contribution in [0.1, 0.15) is 20.8 Å². The van der Waals surface area contributed by atoms with E-state index in [2.05, 4.69) is 63.5 Å². The Kier molecular flexibility index (Phi) is 6.37. The average Bonchev–Trinajstić information content (AvgIpc) is 3.45. The molecule has 4 aromatic rings. The van der Waals surface area contributed by atoms with E-state index in [4.69, 9.17) is 20.2 Å². The summed E-state index contributed by atoms with van der Waals surface area (Å²) in [5.74, 6) is 1.90. The number of hydrogen-bond donors (Lipinski definition) is 2. The molecule has 0 aliphatic carbocycles. The number of rotatable bonds is 7. The quantitative estimate of drug-likeness (QED) is 0.355. The lowest BCUT2D eigenvalue weighted by Crippen LogP contribution is -2.29. The smallest absolute Gasteiger partial charge is 0.175 e. The summed E-state index contributed by atoms with van der Waals surface area (Å²) in [7, 11) is 0. The molecule has 10 heteroatoms. The first-order valence-electron chi connectivity index (χ1n) is 11.2. The van der Waals surface area contributed by atoms with Crippen molar-refractivity contribution in [3.63, 3.8) is 0 Å². The third kappa shape index (κ3) is 4.84. The maximum absolute atomic E-state index is 6.15. The van der Waals surface area contributed by atoms with Gasteiger partial charge in [-0.25, -0.2) is 15.0 Å². The van der Waals surface area contributed by atoms with Crippen molar-refractivity contribution in [1.29, 1.82) is 0 Å². The lowest BCUT2D eigenvalue weighted by atomic mass is 9.97. The van der Waals surface area contributed by atoms with Gasteiger partial charge in [0, 0.05) is 30.1 Å². The third-order valence-corrected chi connectivity index (χ3v) is 7.11. The van der Waals surface area contributed by atoms with Crippen LogP contribution in [0.3, 0.4) is 0 Å². The van der Waals surface area contributed by atoms with Crippen LogP contribution in [0.15, 0.2) is 45.3 Å². The van der Waals surface area contributed by atoms with E-state index in [-0.39, 0.29) is 5.41 Å². The van der Waals surface area contributed by atoms with Crippen LogP contribution in [0.25, 0.3) is 22.3 Å². The normalized spacial score (nSPS) is 13.5. The minimum atomic E-state index is 0.210. The van der Waals surface area contributed by atoms with E-state index in [1.807, 2.05) is 6.07 Å². The molecule has 34 heavy (non-hydrogen) atoms. The second-order valence-corrected chi connectivity index (χ2v) is 11.1. The zero-order valence-corrected chi connectivity index (χ0v) is 21.1. The van der Waals surface area contributed by atoms with Gasteiger partial charge in [0.1, 0.15) is 19.5 Å². The van der Waals surface area contributed by atoms with Gasteiger partial charge in [-0.2, -0.15) is 11.3 Å². The largest absolute Gasteiger partial charge is 0.486 e. The van der Waals surface area contributed by atoms with Crippen molar-refractivity contribution in [1.82, 2.24) is 24.8 Å². The monoisotopic (exact) mass is 496 g/mol. The van der Waals surface area contributed by atoms with Crippen molar-refractivity contribution in [2.45, 2.75) is 37.4 Å². The second kappa shape index (κ2) is 9.44. The van der Waals surface area contributed by atoms with E-state index in [1.165, 1.54) is 6.33 Å². The number of nitrogens with one attached hydrogen (secondary N) is 1. The van der Waals surface area contributed by atoms with E-state index in [0.717, 1.165) is 51.4 Å². The highest BCUT2D eigenvalue weighted by Crippen LogP contribution is 2.44. The van der Waals surface area contributed by atoms with Gasteiger partial charge in [0.15, 0.2) is 33.6 Å². The summed E-state index contributed by atoms with van der Waals surface area (Å²) in [6, 6.07) is 6.22. The maximum Gasteiger partial charge on any atom is 0.175 e. The Morgan fingerprint density at radius 3 is 2.71 bits per heavy atom. The van der Waals surface area contributed by atoms with Crippen molar-refractivity contribution in [2.75, 3.05) is 32.0 Å². The maximum atomic E-state index is 6.15. The van der Waals surface area contributed by atoms with Crippen LogP contribution in [0.5, 0.6) is 11.5 Å². The molecule has 0 unspecified atom stereocenters. The zero-order chi connectivity index (χ0) is 23.7. The Hall–Kier alpha value is -2.82. The number of hydrogen-bond acceptors (Lipinski definition) is 9. The Morgan fingerprint density at radius 1 is 1.18 bits per heavy atom. The fourth-order valence-corrected chi connectivity index (χ4v) is 5.49. The van der Waals surface area contributed by atoms with Gasteiger partial charge in [-0.1, -0.05) is 32.5 Å². The van der Waals surface area contributed by atoms with Crippen LogP contribution < -0.4 is 20.5 Å². The number of fused-ring (bicyclic) bond motifs is 2. The molecule has 0 atom stereocenters. The summed E-state index contributed by atoms with van der Waals surface area (Å²) in [5.41, 5.74) is 9.94. The van der Waals surface area contributed by atoms with Crippen molar-refractivity contribution >= 4 is 40.1 Å². The van der Waals surface area contributed by atoms with Crippen molar-refractivity contribution in [2.24, 2.45) is 5.41 Å². The van der Waals surface area contributed by atoms with E-state index >= 15 is 0 Å². The minimum absolute atomic E-state index is 0.210. The summed E-state index contributed by atoms with van der Waals surface area (Å²) in [6.07, 6.45) is 1.49. The van der Waals surface area contributed by atoms with E-state index in [0.29, 0.717) is 31.1 Å². The van der Waals surface area contributed by atoms with Gasteiger partial charge in [0.25, 0.3) is 0 Å².